The highest BCUT2D eigenvalue weighted by Gasteiger charge is 1.81. The smallest absolute Gasteiger partial charge is 0.116 e. The minimum Gasteiger partial charge on any atom is -0.403 e. The molecule has 3 heteroatoms. The first kappa shape index (κ1) is 8.46. The van der Waals surface area contributed by atoms with Gasteiger partial charge in [-0.25, -0.2) is 9.97 Å². The van der Waals surface area contributed by atoms with Gasteiger partial charge in [-0.1, -0.05) is 18.2 Å². The highest BCUT2D eigenvalue weighted by atomic mass is 14.8. The summed E-state index contributed by atoms with van der Waals surface area (Å²) < 4.78 is 0. The van der Waals surface area contributed by atoms with Crippen LogP contribution in [0.15, 0.2) is 24.7 Å². The highest BCUT2D eigenvalue weighted by molar-refractivity contribution is 5.36. The zero-order valence-corrected chi connectivity index (χ0v) is 6.94. The van der Waals surface area contributed by atoms with Crippen molar-refractivity contribution in [1.29, 1.82) is 0 Å². The minimum absolute atomic E-state index is 0.753. The fraction of sp³-hybridized carbons (Fsp3) is 0.111. The molecule has 62 valence electrons. The number of nitrogens with two attached hydrogens (primary N) is 1. The molecule has 0 aliphatic heterocycles. The topological polar surface area (TPSA) is 51.8 Å². The first-order valence-corrected chi connectivity index (χ1v) is 3.69. The van der Waals surface area contributed by atoms with Gasteiger partial charge in [0.2, 0.25) is 0 Å². The second-order valence-corrected chi connectivity index (χ2v) is 2.22. The number of allylic oxidation sites excluding steroid dienone is 2. The normalized spacial score (nSPS) is 14.4. The van der Waals surface area contributed by atoms with Crippen molar-refractivity contribution in [2.75, 3.05) is 0 Å². The maximum atomic E-state index is 5.36. The van der Waals surface area contributed by atoms with E-state index in [0.717, 1.165) is 10.6 Å². The lowest BCUT2D eigenvalue weighted by molar-refractivity contribution is 1.10. The second kappa shape index (κ2) is 4.28. The van der Waals surface area contributed by atoms with Gasteiger partial charge in [0.1, 0.15) is 6.33 Å². The molecule has 3 nitrogen and oxygen atoms in total. The van der Waals surface area contributed by atoms with Gasteiger partial charge in [0.15, 0.2) is 0 Å². The zero-order valence-electron chi connectivity index (χ0n) is 6.94. The molecule has 2 N–H and O–H groups in total. The minimum atomic E-state index is 0.753. The molecule has 0 saturated carbocycles. The van der Waals surface area contributed by atoms with Crippen LogP contribution in [0.5, 0.6) is 0 Å². The van der Waals surface area contributed by atoms with Crippen molar-refractivity contribution < 1.29 is 0 Å². The third-order valence-corrected chi connectivity index (χ3v) is 1.40. The van der Waals surface area contributed by atoms with Crippen molar-refractivity contribution in [3.05, 3.63) is 35.2 Å². The Kier molecular flexibility index (Phi) is 3.02. The van der Waals surface area contributed by atoms with Crippen molar-refractivity contribution in [2.24, 2.45) is 5.73 Å². The number of nitrogens with zero attached hydrogens (tertiary/aromatic N) is 2. The third-order valence-electron chi connectivity index (χ3n) is 1.40. The molecule has 0 unspecified atom stereocenters. The lowest BCUT2D eigenvalue weighted by atomic mass is 10.3. The number of hydrogen-bond acceptors (Lipinski definition) is 3. The SMILES string of the molecule is C\C=C/C=c1/cncn/c1=C/N. The summed E-state index contributed by atoms with van der Waals surface area (Å²) in [7, 11) is 0. The van der Waals surface area contributed by atoms with Crippen LogP contribution in [-0.2, 0) is 0 Å². The molecule has 0 aromatic carbocycles. The maximum absolute atomic E-state index is 5.36. The zero-order chi connectivity index (χ0) is 8.81. The number of aromatic nitrogens is 2. The third kappa shape index (κ3) is 1.92. The van der Waals surface area contributed by atoms with Crippen molar-refractivity contribution in [2.45, 2.75) is 6.92 Å². The van der Waals surface area contributed by atoms with Gasteiger partial charge < -0.3 is 5.73 Å². The van der Waals surface area contributed by atoms with Crippen molar-refractivity contribution >= 4 is 12.3 Å². The summed E-state index contributed by atoms with van der Waals surface area (Å²) in [6.07, 6.45) is 10.5. The van der Waals surface area contributed by atoms with E-state index in [1.807, 2.05) is 25.2 Å². The molecule has 12 heavy (non-hydrogen) atoms. The van der Waals surface area contributed by atoms with E-state index in [0.29, 0.717) is 0 Å². The summed E-state index contributed by atoms with van der Waals surface area (Å²) in [6.45, 7) is 1.95. The number of hydrogen-bond donors (Lipinski definition) is 1. The van der Waals surface area contributed by atoms with Crippen LogP contribution in [0.4, 0.5) is 0 Å². The van der Waals surface area contributed by atoms with E-state index < -0.39 is 0 Å². The van der Waals surface area contributed by atoms with Crippen LogP contribution >= 0.6 is 0 Å². The van der Waals surface area contributed by atoms with E-state index in [9.17, 15) is 0 Å². The number of rotatable bonds is 1. The van der Waals surface area contributed by atoms with Gasteiger partial charge in [0.05, 0.1) is 5.35 Å². The fourth-order valence-electron chi connectivity index (χ4n) is 0.817. The summed E-state index contributed by atoms with van der Waals surface area (Å²) >= 11 is 0. The lowest BCUT2D eigenvalue weighted by Crippen LogP contribution is -2.29. The lowest BCUT2D eigenvalue weighted by Gasteiger charge is -1.85. The van der Waals surface area contributed by atoms with E-state index in [2.05, 4.69) is 9.97 Å². The molecule has 0 aliphatic rings. The largest absolute Gasteiger partial charge is 0.403 e. The molecule has 1 rings (SSSR count). The summed E-state index contributed by atoms with van der Waals surface area (Å²) in [5, 5.41) is 1.68. The van der Waals surface area contributed by atoms with E-state index in [-0.39, 0.29) is 0 Å². The van der Waals surface area contributed by atoms with Crippen molar-refractivity contribution in [1.82, 2.24) is 9.97 Å². The van der Waals surface area contributed by atoms with Gasteiger partial charge in [-0.3, -0.25) is 0 Å². The molecule has 0 amide bonds. The maximum Gasteiger partial charge on any atom is 0.116 e. The summed E-state index contributed by atoms with van der Waals surface area (Å²) in [5.74, 6) is 0. The molecule has 0 saturated heterocycles. The van der Waals surface area contributed by atoms with Crippen LogP contribution in [0.25, 0.3) is 12.3 Å². The molecule has 0 radical (unpaired) electrons. The van der Waals surface area contributed by atoms with Crippen LogP contribution in [0, 0.1) is 0 Å². The monoisotopic (exact) mass is 161 g/mol. The van der Waals surface area contributed by atoms with Crippen LogP contribution in [0.3, 0.4) is 0 Å². The molecular formula is C9H11N3. The van der Waals surface area contributed by atoms with E-state index in [4.69, 9.17) is 5.73 Å². The van der Waals surface area contributed by atoms with Gasteiger partial charge in [0, 0.05) is 17.6 Å². The quantitative estimate of drug-likeness (QED) is 0.606. The molecule has 1 heterocycles. The van der Waals surface area contributed by atoms with Crippen LogP contribution in [-0.4, -0.2) is 9.97 Å². The van der Waals surface area contributed by atoms with Gasteiger partial charge in [-0.15, -0.1) is 0 Å². The standard InChI is InChI=1S/C9H11N3/c1-2-3-4-8-6-11-7-12-9(8)5-10/h2-7H,10H2,1H3/b3-2-,8-4-,9-5+. The van der Waals surface area contributed by atoms with Crippen LogP contribution in [0.2, 0.25) is 0 Å². The molecule has 0 bridgehead atoms. The van der Waals surface area contributed by atoms with Gasteiger partial charge in [-0.05, 0) is 6.92 Å². The first-order valence-electron chi connectivity index (χ1n) is 3.69. The predicted molar refractivity (Wildman–Crippen MR) is 49.2 cm³/mol. The molecule has 0 fully saturated rings. The van der Waals surface area contributed by atoms with E-state index >= 15 is 0 Å². The second-order valence-electron chi connectivity index (χ2n) is 2.22. The molecule has 0 atom stereocenters. The Morgan fingerprint density at radius 3 is 3.00 bits per heavy atom. The Morgan fingerprint density at radius 1 is 1.50 bits per heavy atom. The van der Waals surface area contributed by atoms with Gasteiger partial charge in [0.25, 0.3) is 0 Å². The Labute approximate surface area is 71.0 Å². The van der Waals surface area contributed by atoms with Gasteiger partial charge >= 0.3 is 0 Å². The van der Waals surface area contributed by atoms with Gasteiger partial charge in [-0.2, -0.15) is 0 Å². The average Bonchev–Trinajstić information content (AvgIpc) is 2.15. The summed E-state index contributed by atoms with van der Waals surface area (Å²) in [5.41, 5.74) is 5.36. The van der Waals surface area contributed by atoms with Crippen LogP contribution < -0.4 is 16.3 Å². The summed E-state index contributed by atoms with van der Waals surface area (Å²) in [6, 6.07) is 0. The molecule has 1 aromatic heterocycles. The Balaban J connectivity index is 3.33. The van der Waals surface area contributed by atoms with Crippen molar-refractivity contribution in [3.8, 4) is 0 Å². The molecular weight excluding hydrogens is 150 g/mol. The molecule has 0 aliphatic carbocycles. The highest BCUT2D eigenvalue weighted by Crippen LogP contribution is 1.69. The fourth-order valence-corrected chi connectivity index (χ4v) is 0.817. The molecule has 1 aromatic rings. The van der Waals surface area contributed by atoms with E-state index in [1.54, 1.807) is 6.20 Å². The van der Waals surface area contributed by atoms with E-state index in [1.165, 1.54) is 12.5 Å². The van der Waals surface area contributed by atoms with Crippen LogP contribution in [0.1, 0.15) is 6.92 Å². The predicted octanol–water partition coefficient (Wildman–Crippen LogP) is -0.470. The Bertz CT molecular complexity index is 379. The Morgan fingerprint density at radius 2 is 2.33 bits per heavy atom. The Hall–Kier alpha value is -1.64. The summed E-state index contributed by atoms with van der Waals surface area (Å²) in [4.78, 5) is 7.89. The average molecular weight is 161 g/mol. The van der Waals surface area contributed by atoms with Crippen molar-refractivity contribution in [3.63, 3.8) is 0 Å². The molecule has 0 spiro atoms. The first-order chi connectivity index (χ1) is 5.88.